The molecule has 3 amide bonds. The van der Waals surface area contributed by atoms with E-state index in [1.807, 2.05) is 12.1 Å². The van der Waals surface area contributed by atoms with Crippen LogP contribution in [0.1, 0.15) is 32.3 Å². The first-order valence-electron chi connectivity index (χ1n) is 9.27. The van der Waals surface area contributed by atoms with Crippen LogP contribution in [0, 0.1) is 0 Å². The lowest BCUT2D eigenvalue weighted by Crippen LogP contribution is -2.47. The van der Waals surface area contributed by atoms with Gasteiger partial charge in [-0.05, 0) is 43.2 Å². The molecular weight excluding hydrogens is 394 g/mol. The summed E-state index contributed by atoms with van der Waals surface area (Å²) in [7, 11) is 0. The Balaban J connectivity index is 1.70. The number of benzene rings is 2. The molecule has 1 atom stereocenters. The number of ether oxygens (including phenoxy) is 1. The highest BCUT2D eigenvalue weighted by Gasteiger charge is 2.16. The Morgan fingerprint density at radius 1 is 0.966 bits per heavy atom. The Hall–Kier alpha value is -3.06. The summed E-state index contributed by atoms with van der Waals surface area (Å²) in [5, 5.41) is 3.04. The minimum absolute atomic E-state index is 0.0528. The molecule has 0 aliphatic carbocycles. The maximum atomic E-state index is 12.0. The zero-order valence-corrected chi connectivity index (χ0v) is 17.1. The van der Waals surface area contributed by atoms with Gasteiger partial charge in [-0.3, -0.25) is 25.2 Å². The van der Waals surface area contributed by atoms with Gasteiger partial charge in [-0.25, -0.2) is 0 Å². The fourth-order valence-corrected chi connectivity index (χ4v) is 2.54. The van der Waals surface area contributed by atoms with Crippen molar-refractivity contribution in [2.75, 3.05) is 5.32 Å². The van der Waals surface area contributed by atoms with Crippen molar-refractivity contribution >= 4 is 35.0 Å². The van der Waals surface area contributed by atoms with E-state index in [1.54, 1.807) is 43.3 Å². The van der Waals surface area contributed by atoms with E-state index in [1.165, 1.54) is 5.56 Å². The molecule has 0 aliphatic rings. The molecule has 29 heavy (non-hydrogen) atoms. The molecule has 0 unspecified atom stereocenters. The number of carbonyl (C=O) groups is 3. The summed E-state index contributed by atoms with van der Waals surface area (Å²) in [6.45, 7) is 3.63. The van der Waals surface area contributed by atoms with Crippen LogP contribution >= 0.6 is 11.6 Å². The van der Waals surface area contributed by atoms with Crippen LogP contribution < -0.4 is 20.9 Å². The molecule has 2 aromatic carbocycles. The molecular formula is C21H24ClN3O4. The molecule has 154 valence electrons. The molecule has 0 fully saturated rings. The van der Waals surface area contributed by atoms with Crippen LogP contribution in [-0.4, -0.2) is 23.8 Å². The molecule has 3 N–H and O–H groups in total. The average molecular weight is 418 g/mol. The molecule has 8 heteroatoms. The first kappa shape index (κ1) is 22.2. The summed E-state index contributed by atoms with van der Waals surface area (Å²) in [4.78, 5) is 35.8. The quantitative estimate of drug-likeness (QED) is 0.574. The number of amides is 3. The summed E-state index contributed by atoms with van der Waals surface area (Å²) < 4.78 is 5.54. The van der Waals surface area contributed by atoms with E-state index < -0.39 is 17.9 Å². The molecule has 7 nitrogen and oxygen atoms in total. The van der Waals surface area contributed by atoms with Crippen LogP contribution in [0.15, 0.2) is 48.5 Å². The van der Waals surface area contributed by atoms with E-state index in [0.717, 1.165) is 6.42 Å². The van der Waals surface area contributed by atoms with Crippen molar-refractivity contribution in [3.8, 4) is 5.75 Å². The second-order valence-corrected chi connectivity index (χ2v) is 6.73. The molecule has 0 heterocycles. The summed E-state index contributed by atoms with van der Waals surface area (Å²) in [6.07, 6.45) is -0.0301. The molecule has 0 aromatic heterocycles. The van der Waals surface area contributed by atoms with Crippen LogP contribution in [0.3, 0.4) is 0 Å². The van der Waals surface area contributed by atoms with Gasteiger partial charge < -0.3 is 10.1 Å². The summed E-state index contributed by atoms with van der Waals surface area (Å²) in [5.41, 5.74) is 6.21. The molecule has 0 saturated heterocycles. The summed E-state index contributed by atoms with van der Waals surface area (Å²) >= 11 is 5.96. The molecule has 0 bridgehead atoms. The molecule has 0 radical (unpaired) electrons. The maximum absolute atomic E-state index is 12.0. The number of hydrazine groups is 1. The van der Waals surface area contributed by atoms with Crippen LogP contribution in [0.25, 0.3) is 0 Å². The Morgan fingerprint density at radius 2 is 1.62 bits per heavy atom. The van der Waals surface area contributed by atoms with Gasteiger partial charge in [0.05, 0.1) is 10.7 Å². The number of anilines is 1. The topological polar surface area (TPSA) is 96.5 Å². The minimum Gasteiger partial charge on any atom is -0.481 e. The second kappa shape index (κ2) is 11.1. The van der Waals surface area contributed by atoms with Crippen molar-refractivity contribution in [2.24, 2.45) is 0 Å². The van der Waals surface area contributed by atoms with E-state index in [0.29, 0.717) is 16.5 Å². The van der Waals surface area contributed by atoms with E-state index in [9.17, 15) is 14.4 Å². The van der Waals surface area contributed by atoms with E-state index in [4.69, 9.17) is 16.3 Å². The second-order valence-electron chi connectivity index (χ2n) is 6.32. The number of para-hydroxylation sites is 1. The predicted octanol–water partition coefficient (Wildman–Crippen LogP) is 3.24. The lowest BCUT2D eigenvalue weighted by atomic mass is 10.2. The number of rotatable bonds is 8. The van der Waals surface area contributed by atoms with Crippen LogP contribution in [-0.2, 0) is 20.8 Å². The lowest BCUT2D eigenvalue weighted by molar-refractivity contribution is -0.133. The van der Waals surface area contributed by atoms with Gasteiger partial charge in [0.15, 0.2) is 6.10 Å². The molecule has 0 spiro atoms. The van der Waals surface area contributed by atoms with Gasteiger partial charge in [0.1, 0.15) is 5.75 Å². The fourth-order valence-electron chi connectivity index (χ4n) is 2.36. The van der Waals surface area contributed by atoms with Crippen LogP contribution in [0.2, 0.25) is 5.02 Å². The number of hydrogen-bond acceptors (Lipinski definition) is 4. The number of carbonyl (C=O) groups excluding carboxylic acids is 3. The van der Waals surface area contributed by atoms with Crippen molar-refractivity contribution in [1.82, 2.24) is 10.9 Å². The Bertz CT molecular complexity index is 855. The van der Waals surface area contributed by atoms with Crippen molar-refractivity contribution in [3.63, 3.8) is 0 Å². The van der Waals surface area contributed by atoms with Crippen molar-refractivity contribution < 1.29 is 19.1 Å². The highest BCUT2D eigenvalue weighted by atomic mass is 35.5. The SMILES string of the molecule is CCc1ccc(O[C@H](C)C(=O)NNC(=O)CCC(=O)Nc2ccccc2Cl)cc1. The minimum atomic E-state index is -0.800. The van der Waals surface area contributed by atoms with Crippen LogP contribution in [0.4, 0.5) is 5.69 Å². The Kier molecular flexibility index (Phi) is 8.48. The molecule has 0 saturated carbocycles. The van der Waals surface area contributed by atoms with Gasteiger partial charge in [0.2, 0.25) is 11.8 Å². The van der Waals surface area contributed by atoms with Gasteiger partial charge in [-0.2, -0.15) is 0 Å². The van der Waals surface area contributed by atoms with Gasteiger partial charge in [-0.15, -0.1) is 0 Å². The van der Waals surface area contributed by atoms with E-state index in [-0.39, 0.29) is 18.7 Å². The smallest absolute Gasteiger partial charge is 0.279 e. The third-order valence-corrected chi connectivity index (χ3v) is 4.40. The maximum Gasteiger partial charge on any atom is 0.279 e. The molecule has 2 aromatic rings. The molecule has 2 rings (SSSR count). The van der Waals surface area contributed by atoms with Gasteiger partial charge in [-0.1, -0.05) is 42.8 Å². The van der Waals surface area contributed by atoms with Gasteiger partial charge in [0.25, 0.3) is 5.91 Å². The van der Waals surface area contributed by atoms with E-state index in [2.05, 4.69) is 23.1 Å². The normalized spacial score (nSPS) is 11.3. The number of halogens is 1. The fraction of sp³-hybridized carbons (Fsp3) is 0.286. The standard InChI is InChI=1S/C21H24ClN3O4/c1-3-15-8-10-16(11-9-15)29-14(2)21(28)25-24-20(27)13-12-19(26)23-18-7-5-4-6-17(18)22/h4-11,14H,3,12-13H2,1-2H3,(H,23,26)(H,24,27)(H,25,28)/t14-/m1/s1. The third kappa shape index (κ3) is 7.46. The monoisotopic (exact) mass is 417 g/mol. The van der Waals surface area contributed by atoms with E-state index >= 15 is 0 Å². The summed E-state index contributed by atoms with van der Waals surface area (Å²) in [5.74, 6) is -0.787. The third-order valence-electron chi connectivity index (χ3n) is 4.07. The van der Waals surface area contributed by atoms with Crippen LogP contribution in [0.5, 0.6) is 5.75 Å². The lowest BCUT2D eigenvalue weighted by Gasteiger charge is -2.15. The highest BCUT2D eigenvalue weighted by molar-refractivity contribution is 6.33. The Morgan fingerprint density at radius 3 is 2.28 bits per heavy atom. The number of hydrogen-bond donors (Lipinski definition) is 3. The number of nitrogens with one attached hydrogen (secondary N) is 3. The largest absolute Gasteiger partial charge is 0.481 e. The van der Waals surface area contributed by atoms with Gasteiger partial charge >= 0.3 is 0 Å². The molecule has 0 aliphatic heterocycles. The zero-order valence-electron chi connectivity index (χ0n) is 16.3. The first-order chi connectivity index (χ1) is 13.9. The van der Waals surface area contributed by atoms with Crippen molar-refractivity contribution in [3.05, 3.63) is 59.1 Å². The van der Waals surface area contributed by atoms with Gasteiger partial charge in [0, 0.05) is 12.8 Å². The van der Waals surface area contributed by atoms with Crippen molar-refractivity contribution in [1.29, 1.82) is 0 Å². The first-order valence-corrected chi connectivity index (χ1v) is 9.65. The Labute approximate surface area is 174 Å². The number of aryl methyl sites for hydroxylation is 1. The highest BCUT2D eigenvalue weighted by Crippen LogP contribution is 2.20. The predicted molar refractivity (Wildman–Crippen MR) is 112 cm³/mol. The summed E-state index contributed by atoms with van der Waals surface area (Å²) in [6, 6.07) is 14.2. The average Bonchev–Trinajstić information content (AvgIpc) is 2.72. The zero-order chi connectivity index (χ0) is 21.2. The van der Waals surface area contributed by atoms with Crippen molar-refractivity contribution in [2.45, 2.75) is 39.2 Å².